The highest BCUT2D eigenvalue weighted by Gasteiger charge is 2.06. The average molecular weight is 276 g/mol. The van der Waals surface area contributed by atoms with Crippen molar-refractivity contribution in [3.8, 4) is 5.75 Å². The Morgan fingerprint density at radius 3 is 2.84 bits per heavy atom. The second-order valence-corrected chi connectivity index (χ2v) is 5.46. The summed E-state index contributed by atoms with van der Waals surface area (Å²) in [5.74, 6) is 0.981. The van der Waals surface area contributed by atoms with Gasteiger partial charge in [-0.05, 0) is 25.0 Å². The van der Waals surface area contributed by atoms with Gasteiger partial charge in [-0.25, -0.2) is 4.98 Å². The minimum atomic E-state index is 0.00624. The van der Waals surface area contributed by atoms with Crippen molar-refractivity contribution in [2.45, 2.75) is 32.7 Å². The van der Waals surface area contributed by atoms with Crippen LogP contribution < -0.4 is 10.5 Å². The Kier molecular flexibility index (Phi) is 4.93. The lowest BCUT2D eigenvalue weighted by molar-refractivity contribution is 0.318. The normalized spacial score (nSPS) is 12.4. The lowest BCUT2D eigenvalue weighted by Crippen LogP contribution is -2.06. The number of rotatable bonds is 6. The Balaban J connectivity index is 1.89. The third-order valence-electron chi connectivity index (χ3n) is 2.96. The molecule has 0 saturated carbocycles. The third kappa shape index (κ3) is 3.78. The molecule has 0 aliphatic carbocycles. The minimum Gasteiger partial charge on any atom is -0.493 e. The molecule has 0 bridgehead atoms. The van der Waals surface area contributed by atoms with E-state index in [-0.39, 0.29) is 6.04 Å². The number of aromatic nitrogens is 1. The Labute approximate surface area is 118 Å². The molecular formula is C15H20N2OS. The number of para-hydroxylation sites is 1. The summed E-state index contributed by atoms with van der Waals surface area (Å²) in [6.07, 6.45) is 1.82. The summed E-state index contributed by atoms with van der Waals surface area (Å²) in [7, 11) is 0. The smallest absolute Gasteiger partial charge is 0.122 e. The van der Waals surface area contributed by atoms with Crippen LogP contribution in [-0.2, 0) is 12.8 Å². The van der Waals surface area contributed by atoms with Crippen LogP contribution in [0.3, 0.4) is 0 Å². The van der Waals surface area contributed by atoms with Crippen molar-refractivity contribution >= 4 is 11.3 Å². The molecule has 4 heteroatoms. The predicted octanol–water partition coefficient (Wildman–Crippen LogP) is 3.35. The SMILES string of the molecule is CCc1ccccc1OCCc1nc(C(C)N)cs1. The Morgan fingerprint density at radius 2 is 2.16 bits per heavy atom. The van der Waals surface area contributed by atoms with E-state index in [0.29, 0.717) is 6.61 Å². The molecule has 1 unspecified atom stereocenters. The fourth-order valence-corrected chi connectivity index (χ4v) is 2.72. The first kappa shape index (κ1) is 14.0. The van der Waals surface area contributed by atoms with Gasteiger partial charge >= 0.3 is 0 Å². The number of nitrogens with zero attached hydrogens (tertiary/aromatic N) is 1. The molecular weight excluding hydrogens is 256 g/mol. The average Bonchev–Trinajstić information content (AvgIpc) is 2.88. The summed E-state index contributed by atoms with van der Waals surface area (Å²) in [5.41, 5.74) is 8.01. The van der Waals surface area contributed by atoms with Crippen LogP contribution in [0.5, 0.6) is 5.75 Å². The highest BCUT2D eigenvalue weighted by atomic mass is 32.1. The van der Waals surface area contributed by atoms with Gasteiger partial charge in [0.05, 0.1) is 17.3 Å². The van der Waals surface area contributed by atoms with Crippen LogP contribution in [-0.4, -0.2) is 11.6 Å². The van der Waals surface area contributed by atoms with Gasteiger partial charge in [0, 0.05) is 17.8 Å². The van der Waals surface area contributed by atoms with Gasteiger partial charge in [-0.1, -0.05) is 25.1 Å². The summed E-state index contributed by atoms with van der Waals surface area (Å²) >= 11 is 1.65. The summed E-state index contributed by atoms with van der Waals surface area (Å²) in [6, 6.07) is 8.18. The monoisotopic (exact) mass is 276 g/mol. The van der Waals surface area contributed by atoms with Crippen LogP contribution in [0.2, 0.25) is 0 Å². The molecule has 0 saturated heterocycles. The van der Waals surface area contributed by atoms with E-state index in [0.717, 1.165) is 29.3 Å². The van der Waals surface area contributed by atoms with E-state index in [4.69, 9.17) is 10.5 Å². The zero-order valence-electron chi connectivity index (χ0n) is 11.4. The molecule has 1 atom stereocenters. The number of ether oxygens (including phenoxy) is 1. The maximum absolute atomic E-state index is 5.84. The summed E-state index contributed by atoms with van der Waals surface area (Å²) in [4.78, 5) is 4.50. The van der Waals surface area contributed by atoms with Gasteiger partial charge in [0.15, 0.2) is 0 Å². The van der Waals surface area contributed by atoms with Gasteiger partial charge in [0.25, 0.3) is 0 Å². The second-order valence-electron chi connectivity index (χ2n) is 4.51. The Bertz CT molecular complexity index is 522. The van der Waals surface area contributed by atoms with E-state index in [1.54, 1.807) is 11.3 Å². The molecule has 0 radical (unpaired) electrons. The molecule has 1 aromatic carbocycles. The predicted molar refractivity (Wildman–Crippen MR) is 79.7 cm³/mol. The molecule has 2 N–H and O–H groups in total. The van der Waals surface area contributed by atoms with E-state index in [1.165, 1.54) is 5.56 Å². The highest BCUT2D eigenvalue weighted by Crippen LogP contribution is 2.19. The summed E-state index contributed by atoms with van der Waals surface area (Å²) in [6.45, 7) is 4.74. The number of hydrogen-bond donors (Lipinski definition) is 1. The first-order valence-electron chi connectivity index (χ1n) is 6.61. The van der Waals surface area contributed by atoms with Crippen molar-refractivity contribution in [2.24, 2.45) is 5.73 Å². The molecule has 0 aliphatic rings. The second kappa shape index (κ2) is 6.68. The zero-order valence-corrected chi connectivity index (χ0v) is 12.2. The fourth-order valence-electron chi connectivity index (χ4n) is 1.83. The maximum atomic E-state index is 5.84. The molecule has 0 aliphatic heterocycles. The first-order valence-corrected chi connectivity index (χ1v) is 7.49. The van der Waals surface area contributed by atoms with Crippen LogP contribution in [0.1, 0.15) is 36.2 Å². The molecule has 102 valence electrons. The lowest BCUT2D eigenvalue weighted by atomic mass is 10.1. The first-order chi connectivity index (χ1) is 9.20. The van der Waals surface area contributed by atoms with Crippen molar-refractivity contribution in [1.29, 1.82) is 0 Å². The molecule has 1 heterocycles. The summed E-state index contributed by atoms with van der Waals surface area (Å²) in [5, 5.41) is 3.11. The standard InChI is InChI=1S/C15H20N2OS/c1-3-12-6-4-5-7-14(12)18-9-8-15-17-13(10-19-15)11(2)16/h4-7,10-11H,3,8-9,16H2,1-2H3. The van der Waals surface area contributed by atoms with Crippen molar-refractivity contribution in [3.05, 3.63) is 45.9 Å². The van der Waals surface area contributed by atoms with Gasteiger partial charge in [-0.2, -0.15) is 0 Å². The highest BCUT2D eigenvalue weighted by molar-refractivity contribution is 7.09. The summed E-state index contributed by atoms with van der Waals surface area (Å²) < 4.78 is 5.84. The van der Waals surface area contributed by atoms with E-state index in [9.17, 15) is 0 Å². The molecule has 2 aromatic rings. The van der Waals surface area contributed by atoms with Gasteiger partial charge < -0.3 is 10.5 Å². The quantitative estimate of drug-likeness (QED) is 0.880. The molecule has 3 nitrogen and oxygen atoms in total. The minimum absolute atomic E-state index is 0.00624. The number of thiazole rings is 1. The van der Waals surface area contributed by atoms with Gasteiger partial charge in [-0.15, -0.1) is 11.3 Å². The van der Waals surface area contributed by atoms with Crippen LogP contribution >= 0.6 is 11.3 Å². The van der Waals surface area contributed by atoms with Gasteiger partial charge in [0.2, 0.25) is 0 Å². The number of hydrogen-bond acceptors (Lipinski definition) is 4. The number of aryl methyl sites for hydroxylation is 1. The van der Waals surface area contributed by atoms with E-state index in [2.05, 4.69) is 18.0 Å². The van der Waals surface area contributed by atoms with E-state index in [1.807, 2.05) is 30.5 Å². The van der Waals surface area contributed by atoms with Gasteiger partial charge in [-0.3, -0.25) is 0 Å². The van der Waals surface area contributed by atoms with Crippen LogP contribution in [0.15, 0.2) is 29.6 Å². The van der Waals surface area contributed by atoms with Crippen LogP contribution in [0.25, 0.3) is 0 Å². The molecule has 0 amide bonds. The largest absolute Gasteiger partial charge is 0.493 e. The Hall–Kier alpha value is -1.39. The fraction of sp³-hybridized carbons (Fsp3) is 0.400. The lowest BCUT2D eigenvalue weighted by Gasteiger charge is -2.09. The number of benzene rings is 1. The molecule has 2 rings (SSSR count). The van der Waals surface area contributed by atoms with Crippen molar-refractivity contribution < 1.29 is 4.74 Å². The topological polar surface area (TPSA) is 48.1 Å². The zero-order chi connectivity index (χ0) is 13.7. The van der Waals surface area contributed by atoms with Gasteiger partial charge in [0.1, 0.15) is 5.75 Å². The molecule has 0 spiro atoms. The van der Waals surface area contributed by atoms with E-state index < -0.39 is 0 Å². The van der Waals surface area contributed by atoms with E-state index >= 15 is 0 Å². The number of nitrogens with two attached hydrogens (primary N) is 1. The third-order valence-corrected chi connectivity index (χ3v) is 3.89. The van der Waals surface area contributed by atoms with Crippen molar-refractivity contribution in [2.75, 3.05) is 6.61 Å². The Morgan fingerprint density at radius 1 is 1.37 bits per heavy atom. The van der Waals surface area contributed by atoms with Crippen molar-refractivity contribution in [3.63, 3.8) is 0 Å². The van der Waals surface area contributed by atoms with Crippen LogP contribution in [0.4, 0.5) is 0 Å². The van der Waals surface area contributed by atoms with Crippen molar-refractivity contribution in [1.82, 2.24) is 4.98 Å². The van der Waals surface area contributed by atoms with Crippen LogP contribution in [0, 0.1) is 0 Å². The molecule has 19 heavy (non-hydrogen) atoms. The maximum Gasteiger partial charge on any atom is 0.122 e. The molecule has 1 aromatic heterocycles. The molecule has 0 fully saturated rings.